The molecule has 98 valence electrons. The van der Waals surface area contributed by atoms with Gasteiger partial charge in [-0.25, -0.2) is 0 Å². The normalized spacial score (nSPS) is 11.9. The van der Waals surface area contributed by atoms with Gasteiger partial charge in [-0.1, -0.05) is 11.6 Å². The SMILES string of the molecule is COc1ccc(C(=O)C(C)NCC(=O)O)cc1Cl. The highest BCUT2D eigenvalue weighted by Crippen LogP contribution is 2.25. The quantitative estimate of drug-likeness (QED) is 0.769. The Morgan fingerprint density at radius 2 is 2.17 bits per heavy atom. The zero-order valence-corrected chi connectivity index (χ0v) is 10.8. The van der Waals surface area contributed by atoms with Crippen molar-refractivity contribution >= 4 is 23.4 Å². The molecule has 1 atom stereocenters. The van der Waals surface area contributed by atoms with E-state index < -0.39 is 12.0 Å². The summed E-state index contributed by atoms with van der Waals surface area (Å²) in [6.07, 6.45) is 0. The third kappa shape index (κ3) is 3.72. The number of rotatable bonds is 6. The molecule has 5 nitrogen and oxygen atoms in total. The van der Waals surface area contributed by atoms with Crippen molar-refractivity contribution in [1.82, 2.24) is 5.32 Å². The first kappa shape index (κ1) is 14.5. The van der Waals surface area contributed by atoms with Gasteiger partial charge >= 0.3 is 5.97 Å². The molecule has 0 aliphatic heterocycles. The summed E-state index contributed by atoms with van der Waals surface area (Å²) in [6.45, 7) is 1.33. The molecule has 0 saturated carbocycles. The van der Waals surface area contributed by atoms with E-state index in [0.717, 1.165) is 0 Å². The number of Topliss-reactive ketones (excluding diaryl/α,β-unsaturated/α-hetero) is 1. The maximum Gasteiger partial charge on any atom is 0.317 e. The summed E-state index contributed by atoms with van der Waals surface area (Å²) in [5.74, 6) is -0.748. The summed E-state index contributed by atoms with van der Waals surface area (Å²) >= 11 is 5.91. The molecule has 0 aromatic heterocycles. The van der Waals surface area contributed by atoms with Crippen LogP contribution in [-0.4, -0.2) is 36.6 Å². The predicted octanol–water partition coefficient (Wildman–Crippen LogP) is 1.59. The van der Waals surface area contributed by atoms with Crippen LogP contribution in [0.5, 0.6) is 5.75 Å². The summed E-state index contributed by atoms with van der Waals surface area (Å²) in [5, 5.41) is 11.5. The third-order valence-electron chi connectivity index (χ3n) is 2.39. The van der Waals surface area contributed by atoms with Crippen LogP contribution in [0.25, 0.3) is 0 Å². The number of aliphatic carboxylic acids is 1. The molecule has 0 aliphatic rings. The monoisotopic (exact) mass is 271 g/mol. The van der Waals surface area contributed by atoms with E-state index in [2.05, 4.69) is 5.32 Å². The van der Waals surface area contributed by atoms with Crippen LogP contribution in [0.3, 0.4) is 0 Å². The van der Waals surface area contributed by atoms with Gasteiger partial charge < -0.3 is 9.84 Å². The molecular formula is C12H14ClNO4. The summed E-state index contributed by atoms with van der Waals surface area (Å²) < 4.78 is 4.98. The fourth-order valence-electron chi connectivity index (χ4n) is 1.40. The van der Waals surface area contributed by atoms with Gasteiger partial charge in [0.2, 0.25) is 0 Å². The minimum absolute atomic E-state index is 0.221. The first-order valence-electron chi connectivity index (χ1n) is 5.28. The smallest absolute Gasteiger partial charge is 0.317 e. The van der Waals surface area contributed by atoms with E-state index in [1.165, 1.54) is 13.2 Å². The first-order chi connectivity index (χ1) is 8.45. The second kappa shape index (κ2) is 6.37. The molecule has 0 saturated heterocycles. The maximum absolute atomic E-state index is 12.0. The lowest BCUT2D eigenvalue weighted by Gasteiger charge is -2.12. The number of benzene rings is 1. The Morgan fingerprint density at radius 3 is 2.67 bits per heavy atom. The average molecular weight is 272 g/mol. The molecule has 1 rings (SSSR count). The summed E-state index contributed by atoms with van der Waals surface area (Å²) in [7, 11) is 1.49. The Bertz CT molecular complexity index is 461. The van der Waals surface area contributed by atoms with Gasteiger partial charge in [0.15, 0.2) is 5.78 Å². The van der Waals surface area contributed by atoms with Crippen molar-refractivity contribution in [2.75, 3.05) is 13.7 Å². The zero-order valence-electron chi connectivity index (χ0n) is 10.1. The molecular weight excluding hydrogens is 258 g/mol. The van der Waals surface area contributed by atoms with E-state index in [4.69, 9.17) is 21.4 Å². The molecule has 0 aliphatic carbocycles. The van der Waals surface area contributed by atoms with Crippen LogP contribution in [0, 0.1) is 0 Å². The molecule has 1 unspecified atom stereocenters. The van der Waals surface area contributed by atoms with Crippen molar-refractivity contribution < 1.29 is 19.4 Å². The van der Waals surface area contributed by atoms with Crippen molar-refractivity contribution in [3.63, 3.8) is 0 Å². The predicted molar refractivity (Wildman–Crippen MR) is 67.4 cm³/mol. The maximum atomic E-state index is 12.0. The van der Waals surface area contributed by atoms with Crippen LogP contribution >= 0.6 is 11.6 Å². The number of ether oxygens (including phenoxy) is 1. The largest absolute Gasteiger partial charge is 0.495 e. The summed E-state index contributed by atoms with van der Waals surface area (Å²) in [5.41, 5.74) is 0.409. The second-order valence-electron chi connectivity index (χ2n) is 3.71. The highest BCUT2D eigenvalue weighted by molar-refractivity contribution is 6.32. The van der Waals surface area contributed by atoms with Crippen LogP contribution in [-0.2, 0) is 4.79 Å². The molecule has 1 aromatic carbocycles. The number of hydrogen-bond acceptors (Lipinski definition) is 4. The van der Waals surface area contributed by atoms with Crippen LogP contribution in [0.15, 0.2) is 18.2 Å². The highest BCUT2D eigenvalue weighted by atomic mass is 35.5. The molecule has 0 heterocycles. The number of carboxylic acid groups (broad SMARTS) is 1. The summed E-state index contributed by atoms with van der Waals surface area (Å²) in [6, 6.07) is 4.10. The van der Waals surface area contributed by atoms with E-state index in [1.54, 1.807) is 19.1 Å². The number of hydrogen-bond donors (Lipinski definition) is 2. The molecule has 18 heavy (non-hydrogen) atoms. The lowest BCUT2D eigenvalue weighted by Crippen LogP contribution is -2.37. The Kier molecular flexibility index (Phi) is 5.12. The molecule has 0 spiro atoms. The molecule has 0 amide bonds. The molecule has 2 N–H and O–H groups in total. The van der Waals surface area contributed by atoms with Crippen molar-refractivity contribution in [2.24, 2.45) is 0 Å². The highest BCUT2D eigenvalue weighted by Gasteiger charge is 2.16. The number of carboxylic acids is 1. The first-order valence-corrected chi connectivity index (χ1v) is 5.66. The Morgan fingerprint density at radius 1 is 1.50 bits per heavy atom. The minimum atomic E-state index is -1.01. The number of carbonyl (C=O) groups excluding carboxylic acids is 1. The van der Waals surface area contributed by atoms with Crippen LogP contribution in [0.4, 0.5) is 0 Å². The van der Waals surface area contributed by atoms with E-state index in [9.17, 15) is 9.59 Å². The van der Waals surface area contributed by atoms with Gasteiger partial charge in [-0.05, 0) is 25.1 Å². The van der Waals surface area contributed by atoms with Gasteiger partial charge in [-0.15, -0.1) is 0 Å². The second-order valence-corrected chi connectivity index (χ2v) is 4.12. The minimum Gasteiger partial charge on any atom is -0.495 e. The van der Waals surface area contributed by atoms with Gasteiger partial charge in [-0.3, -0.25) is 14.9 Å². The lowest BCUT2D eigenvalue weighted by atomic mass is 10.1. The van der Waals surface area contributed by atoms with E-state index in [1.807, 2.05) is 0 Å². The van der Waals surface area contributed by atoms with E-state index in [-0.39, 0.29) is 12.3 Å². The Labute approximate surface area is 110 Å². The molecule has 6 heteroatoms. The Balaban J connectivity index is 2.77. The summed E-state index contributed by atoms with van der Waals surface area (Å²) in [4.78, 5) is 22.3. The van der Waals surface area contributed by atoms with Gasteiger partial charge in [0.05, 0.1) is 24.7 Å². The lowest BCUT2D eigenvalue weighted by molar-refractivity contribution is -0.136. The number of halogens is 1. The molecule has 0 bridgehead atoms. The molecule has 0 fully saturated rings. The average Bonchev–Trinajstić information content (AvgIpc) is 2.34. The van der Waals surface area contributed by atoms with Crippen molar-refractivity contribution in [1.29, 1.82) is 0 Å². The van der Waals surface area contributed by atoms with Gasteiger partial charge in [0, 0.05) is 5.56 Å². The van der Waals surface area contributed by atoms with Crippen LogP contribution in [0.1, 0.15) is 17.3 Å². The van der Waals surface area contributed by atoms with Gasteiger partial charge in [0.1, 0.15) is 5.75 Å². The van der Waals surface area contributed by atoms with E-state index in [0.29, 0.717) is 16.3 Å². The molecule has 1 aromatic rings. The van der Waals surface area contributed by atoms with Crippen molar-refractivity contribution in [3.05, 3.63) is 28.8 Å². The number of methoxy groups -OCH3 is 1. The molecule has 0 radical (unpaired) electrons. The number of carbonyl (C=O) groups is 2. The number of nitrogens with one attached hydrogen (secondary N) is 1. The Hall–Kier alpha value is -1.59. The van der Waals surface area contributed by atoms with Gasteiger partial charge in [-0.2, -0.15) is 0 Å². The standard InChI is InChI=1S/C12H14ClNO4/c1-7(14-6-11(15)16)12(17)8-3-4-10(18-2)9(13)5-8/h3-5,7,14H,6H2,1-2H3,(H,15,16). The third-order valence-corrected chi connectivity index (χ3v) is 2.68. The van der Waals surface area contributed by atoms with Crippen LogP contribution < -0.4 is 10.1 Å². The van der Waals surface area contributed by atoms with Crippen molar-refractivity contribution in [3.8, 4) is 5.75 Å². The fraction of sp³-hybridized carbons (Fsp3) is 0.333. The van der Waals surface area contributed by atoms with Crippen LogP contribution in [0.2, 0.25) is 5.02 Å². The fourth-order valence-corrected chi connectivity index (χ4v) is 1.66. The van der Waals surface area contributed by atoms with Crippen molar-refractivity contribution in [2.45, 2.75) is 13.0 Å². The number of ketones is 1. The topological polar surface area (TPSA) is 75.6 Å². The van der Waals surface area contributed by atoms with E-state index >= 15 is 0 Å². The zero-order chi connectivity index (χ0) is 13.7. The van der Waals surface area contributed by atoms with Gasteiger partial charge in [0.25, 0.3) is 0 Å².